The molecule has 0 aliphatic heterocycles. The summed E-state index contributed by atoms with van der Waals surface area (Å²) in [6.45, 7) is 1.54. The van der Waals surface area contributed by atoms with E-state index in [1.807, 2.05) is 26.2 Å². The van der Waals surface area contributed by atoms with Crippen molar-refractivity contribution in [3.05, 3.63) is 66.2 Å². The Morgan fingerprint density at radius 3 is 2.55 bits per heavy atom. The van der Waals surface area contributed by atoms with Crippen molar-refractivity contribution in [3.63, 3.8) is 0 Å². The van der Waals surface area contributed by atoms with Crippen molar-refractivity contribution in [2.75, 3.05) is 37.8 Å². The van der Waals surface area contributed by atoms with E-state index in [-0.39, 0.29) is 22.5 Å². The molecule has 3 heterocycles. The van der Waals surface area contributed by atoms with Crippen LogP contribution in [0.5, 0.6) is 0 Å². The van der Waals surface area contributed by atoms with E-state index in [0.29, 0.717) is 39.7 Å². The molecule has 1 amide bonds. The number of anilines is 2. The molecule has 40 heavy (non-hydrogen) atoms. The summed E-state index contributed by atoms with van der Waals surface area (Å²) in [4.78, 5) is 39.0. The zero-order valence-electron chi connectivity index (χ0n) is 21.9. The molecule has 208 valence electrons. The molecule has 0 radical (unpaired) electrons. The van der Waals surface area contributed by atoms with Gasteiger partial charge >= 0.3 is 0 Å². The Kier molecular flexibility index (Phi) is 8.28. The third kappa shape index (κ3) is 6.76. The molecule has 1 aliphatic carbocycles. The second-order valence-electron chi connectivity index (χ2n) is 9.37. The maximum absolute atomic E-state index is 13.4. The van der Waals surface area contributed by atoms with Gasteiger partial charge in [0.05, 0.1) is 10.1 Å². The number of carbonyl (C=O) groups is 1. The Morgan fingerprint density at radius 1 is 1.10 bits per heavy atom. The lowest BCUT2D eigenvalue weighted by Crippen LogP contribution is -2.24. The zero-order valence-corrected chi connectivity index (χ0v) is 23.6. The van der Waals surface area contributed by atoms with Crippen LogP contribution in [0.2, 0.25) is 0 Å². The number of benzene rings is 1. The number of thiazole rings is 1. The van der Waals surface area contributed by atoms with Crippen LogP contribution in [-0.2, 0) is 26.1 Å². The molecule has 1 saturated carbocycles. The molecule has 3 aromatic heterocycles. The maximum Gasteiger partial charge on any atom is 0.280 e. The third-order valence-electron chi connectivity index (χ3n) is 5.94. The second-order valence-corrected chi connectivity index (χ2v) is 12.6. The van der Waals surface area contributed by atoms with Crippen LogP contribution in [0.1, 0.15) is 24.2 Å². The van der Waals surface area contributed by atoms with Crippen LogP contribution in [0.15, 0.2) is 64.9 Å². The summed E-state index contributed by atoms with van der Waals surface area (Å²) >= 11 is 1.23. The van der Waals surface area contributed by atoms with Gasteiger partial charge in [-0.3, -0.25) is 10.1 Å². The van der Waals surface area contributed by atoms with E-state index < -0.39 is 15.7 Å². The SMILES string of the molecule is CN(C)CCNc1ccc2nc(NC(=O)/C(=N/OCc3ncccn3)c3ccc(S(=O)(=O)C4CC4)cc3)sc2n1. The van der Waals surface area contributed by atoms with Crippen LogP contribution in [0.25, 0.3) is 10.3 Å². The number of sulfone groups is 1. The van der Waals surface area contributed by atoms with Crippen LogP contribution in [-0.4, -0.2) is 77.3 Å². The molecule has 0 bridgehead atoms. The number of oxime groups is 1. The lowest BCUT2D eigenvalue weighted by atomic mass is 10.1. The van der Waals surface area contributed by atoms with Crippen molar-refractivity contribution in [1.82, 2.24) is 24.8 Å². The number of likely N-dealkylation sites (N-methyl/N-ethyl adjacent to an activating group) is 1. The van der Waals surface area contributed by atoms with Gasteiger partial charge in [0.2, 0.25) is 0 Å². The number of amides is 1. The number of hydrogen-bond donors (Lipinski definition) is 2. The van der Waals surface area contributed by atoms with Gasteiger partial charge in [-0.15, -0.1) is 0 Å². The number of nitrogens with one attached hydrogen (secondary N) is 2. The fraction of sp³-hybridized carbons (Fsp3) is 0.308. The van der Waals surface area contributed by atoms with E-state index in [1.54, 1.807) is 30.6 Å². The van der Waals surface area contributed by atoms with Crippen molar-refractivity contribution < 1.29 is 18.0 Å². The molecule has 5 rings (SSSR count). The molecular formula is C26H28N8O4S2. The van der Waals surface area contributed by atoms with Crippen LogP contribution >= 0.6 is 11.3 Å². The van der Waals surface area contributed by atoms with Gasteiger partial charge in [-0.05, 0) is 57.3 Å². The lowest BCUT2D eigenvalue weighted by Gasteiger charge is -2.10. The lowest BCUT2D eigenvalue weighted by molar-refractivity contribution is -0.110. The zero-order chi connectivity index (χ0) is 28.1. The first-order valence-corrected chi connectivity index (χ1v) is 14.9. The molecule has 0 atom stereocenters. The Hall–Kier alpha value is -4.01. The fourth-order valence-electron chi connectivity index (χ4n) is 3.69. The Labute approximate surface area is 235 Å². The molecule has 0 spiro atoms. The third-order valence-corrected chi connectivity index (χ3v) is 9.10. The molecule has 12 nitrogen and oxygen atoms in total. The average Bonchev–Trinajstić information content (AvgIpc) is 3.73. The van der Waals surface area contributed by atoms with Crippen LogP contribution in [0, 0.1) is 0 Å². The van der Waals surface area contributed by atoms with E-state index >= 15 is 0 Å². The highest BCUT2D eigenvalue weighted by molar-refractivity contribution is 7.92. The molecule has 2 N–H and O–H groups in total. The van der Waals surface area contributed by atoms with Gasteiger partial charge in [0.1, 0.15) is 16.2 Å². The highest BCUT2D eigenvalue weighted by Gasteiger charge is 2.36. The highest BCUT2D eigenvalue weighted by atomic mass is 32.2. The topological polar surface area (TPSA) is 152 Å². The largest absolute Gasteiger partial charge is 0.387 e. The smallest absolute Gasteiger partial charge is 0.280 e. The van der Waals surface area contributed by atoms with Gasteiger partial charge in [-0.25, -0.2) is 28.4 Å². The quantitative estimate of drug-likeness (QED) is 0.189. The summed E-state index contributed by atoms with van der Waals surface area (Å²) in [5.74, 6) is 0.537. The summed E-state index contributed by atoms with van der Waals surface area (Å²) in [5.41, 5.74) is 0.974. The first kappa shape index (κ1) is 27.6. The second kappa shape index (κ2) is 12.0. The Morgan fingerprint density at radius 2 is 1.85 bits per heavy atom. The summed E-state index contributed by atoms with van der Waals surface area (Å²) in [6, 6.07) is 11.4. The van der Waals surface area contributed by atoms with E-state index in [1.165, 1.54) is 23.5 Å². The molecule has 0 unspecified atom stereocenters. The van der Waals surface area contributed by atoms with Crippen molar-refractivity contribution in [1.29, 1.82) is 0 Å². The summed E-state index contributed by atoms with van der Waals surface area (Å²) in [5, 5.41) is 10.1. The predicted molar refractivity (Wildman–Crippen MR) is 153 cm³/mol. The number of fused-ring (bicyclic) bond motifs is 1. The van der Waals surface area contributed by atoms with Gasteiger partial charge in [0, 0.05) is 31.0 Å². The molecule has 4 aromatic rings. The molecule has 1 aliphatic rings. The molecule has 1 fully saturated rings. The molecule has 0 saturated heterocycles. The molecular weight excluding hydrogens is 552 g/mol. The van der Waals surface area contributed by atoms with Gasteiger partial charge < -0.3 is 15.1 Å². The van der Waals surface area contributed by atoms with Crippen molar-refractivity contribution in [2.24, 2.45) is 5.16 Å². The maximum atomic E-state index is 13.4. The predicted octanol–water partition coefficient (Wildman–Crippen LogP) is 2.95. The number of carbonyl (C=O) groups excluding carboxylic acids is 1. The molecule has 1 aromatic carbocycles. The van der Waals surface area contributed by atoms with E-state index in [0.717, 1.165) is 18.9 Å². The summed E-state index contributed by atoms with van der Waals surface area (Å²) in [7, 11) is 0.628. The Balaban J connectivity index is 1.35. The molecule has 14 heteroatoms. The van der Waals surface area contributed by atoms with Gasteiger partial charge in [0.15, 0.2) is 33.1 Å². The summed E-state index contributed by atoms with van der Waals surface area (Å²) in [6.07, 6.45) is 4.48. The van der Waals surface area contributed by atoms with Crippen LogP contribution in [0.4, 0.5) is 10.9 Å². The van der Waals surface area contributed by atoms with Crippen molar-refractivity contribution in [2.45, 2.75) is 29.6 Å². The first-order chi connectivity index (χ1) is 19.3. The number of aromatic nitrogens is 4. The minimum Gasteiger partial charge on any atom is -0.387 e. The average molecular weight is 581 g/mol. The minimum absolute atomic E-state index is 0.0513. The number of hydrogen-bond acceptors (Lipinski definition) is 12. The number of pyridine rings is 1. The number of rotatable bonds is 12. The van der Waals surface area contributed by atoms with Gasteiger partial charge in [0.25, 0.3) is 5.91 Å². The Bertz CT molecular complexity index is 1620. The van der Waals surface area contributed by atoms with Crippen LogP contribution < -0.4 is 10.6 Å². The first-order valence-electron chi connectivity index (χ1n) is 12.6. The van der Waals surface area contributed by atoms with Crippen molar-refractivity contribution in [3.8, 4) is 0 Å². The monoisotopic (exact) mass is 580 g/mol. The summed E-state index contributed by atoms with van der Waals surface area (Å²) < 4.78 is 25.2. The van der Waals surface area contributed by atoms with Crippen molar-refractivity contribution >= 4 is 54.1 Å². The standard InChI is InChI=1S/C26H28N8O4S2/c1-34(2)15-14-29-21-11-10-20-25(31-21)39-26(30-20)32-24(35)23(33-38-16-22-27-12-3-13-28-22)17-4-6-18(7-5-17)40(36,37)19-8-9-19/h3-7,10-13,19H,8-9,14-16H2,1-2H3,(H,29,31)(H,30,32,35)/b33-23+. The number of nitrogens with zero attached hydrogens (tertiary/aromatic N) is 6. The van der Waals surface area contributed by atoms with Gasteiger partial charge in [-0.1, -0.05) is 28.6 Å². The van der Waals surface area contributed by atoms with E-state index in [4.69, 9.17) is 4.84 Å². The fourth-order valence-corrected chi connectivity index (χ4v) is 6.18. The normalized spacial score (nSPS) is 13.9. The van der Waals surface area contributed by atoms with E-state index in [2.05, 4.69) is 40.6 Å². The van der Waals surface area contributed by atoms with E-state index in [9.17, 15) is 13.2 Å². The minimum atomic E-state index is -3.37. The van der Waals surface area contributed by atoms with Crippen LogP contribution in [0.3, 0.4) is 0 Å². The highest BCUT2D eigenvalue weighted by Crippen LogP contribution is 2.33. The van der Waals surface area contributed by atoms with Gasteiger partial charge in [-0.2, -0.15) is 0 Å².